The van der Waals surface area contributed by atoms with Crippen molar-refractivity contribution in [1.82, 2.24) is 14.6 Å². The first kappa shape index (κ1) is 13.8. The van der Waals surface area contributed by atoms with E-state index in [4.69, 9.17) is 0 Å². The predicted molar refractivity (Wildman–Crippen MR) is 74.8 cm³/mol. The van der Waals surface area contributed by atoms with Gasteiger partial charge in [-0.15, -0.1) is 0 Å². The quantitative estimate of drug-likeness (QED) is 0.910. The molecule has 0 saturated heterocycles. The number of fused-ring (bicyclic) bond motifs is 1. The lowest BCUT2D eigenvalue weighted by Crippen LogP contribution is -2.18. The van der Waals surface area contributed by atoms with Crippen molar-refractivity contribution in [2.24, 2.45) is 0 Å². The molecule has 1 N–H and O–H groups in total. The molecule has 0 unspecified atom stereocenters. The average molecular weight is 282 g/mol. The zero-order valence-electron chi connectivity index (χ0n) is 11.3. The molecule has 0 aliphatic carbocycles. The Kier molecular flexibility index (Phi) is 3.75. The lowest BCUT2D eigenvalue weighted by molar-refractivity contribution is 0.599. The van der Waals surface area contributed by atoms with Crippen LogP contribution < -0.4 is 4.72 Å². The van der Waals surface area contributed by atoms with Gasteiger partial charge in [0, 0.05) is 5.69 Å². The minimum atomic E-state index is -3.34. The summed E-state index contributed by atoms with van der Waals surface area (Å²) in [5.74, 6) is 0.717. The van der Waals surface area contributed by atoms with Crippen molar-refractivity contribution in [3.8, 4) is 0 Å². The highest BCUT2D eigenvalue weighted by molar-refractivity contribution is 7.92. The van der Waals surface area contributed by atoms with Crippen molar-refractivity contribution < 1.29 is 8.42 Å². The number of hydrogen-bond donors (Lipinski definition) is 1. The number of anilines is 1. The highest BCUT2D eigenvalue weighted by atomic mass is 32.2. The minimum Gasteiger partial charge on any atom is -0.265 e. The van der Waals surface area contributed by atoms with Crippen LogP contribution in [0.1, 0.15) is 38.8 Å². The van der Waals surface area contributed by atoms with E-state index < -0.39 is 10.0 Å². The summed E-state index contributed by atoms with van der Waals surface area (Å²) in [6.45, 7) is 5.94. The van der Waals surface area contributed by atoms with Crippen LogP contribution in [0.15, 0.2) is 18.5 Å². The second kappa shape index (κ2) is 5.16. The summed E-state index contributed by atoms with van der Waals surface area (Å²) in [5, 5.41) is 4.17. The molecule has 0 saturated carbocycles. The van der Waals surface area contributed by atoms with Crippen molar-refractivity contribution in [3.05, 3.63) is 24.2 Å². The molecule has 0 atom stereocenters. The van der Waals surface area contributed by atoms with Crippen LogP contribution >= 0.6 is 0 Å². The third kappa shape index (κ3) is 2.86. The second-order valence-corrected chi connectivity index (χ2v) is 6.58. The molecule has 0 bridgehead atoms. The number of hydrogen-bond acceptors (Lipinski definition) is 4. The van der Waals surface area contributed by atoms with Crippen molar-refractivity contribution in [3.63, 3.8) is 0 Å². The lowest BCUT2D eigenvalue weighted by Gasteiger charge is -2.09. The fourth-order valence-corrected chi connectivity index (χ4v) is 3.03. The third-order valence-electron chi connectivity index (χ3n) is 2.80. The lowest BCUT2D eigenvalue weighted by atomic mass is 10.1. The molecule has 2 rings (SSSR count). The molecule has 0 fully saturated rings. The van der Waals surface area contributed by atoms with E-state index >= 15 is 0 Å². The standard InChI is InChI=1S/C12H18N4O2S/c1-4-7-19(17,18)15-12-11-6-5-10(9(2)3)16(11)14-8-13-12/h5-6,8-9H,4,7H2,1-3H3,(H,13,14,15). The Labute approximate surface area is 112 Å². The topological polar surface area (TPSA) is 76.4 Å². The molecule has 0 spiro atoms. The minimum absolute atomic E-state index is 0.0842. The Morgan fingerprint density at radius 2 is 2.11 bits per heavy atom. The molecule has 6 nitrogen and oxygen atoms in total. The zero-order chi connectivity index (χ0) is 14.0. The Bertz CT molecular complexity index is 676. The molecule has 2 aromatic heterocycles. The fourth-order valence-electron chi connectivity index (χ4n) is 1.94. The van der Waals surface area contributed by atoms with Crippen LogP contribution in [0.25, 0.3) is 5.52 Å². The van der Waals surface area contributed by atoms with Crippen molar-refractivity contribution in [2.45, 2.75) is 33.1 Å². The van der Waals surface area contributed by atoms with Crippen LogP contribution in [0.2, 0.25) is 0 Å². The first-order valence-electron chi connectivity index (χ1n) is 6.27. The van der Waals surface area contributed by atoms with Gasteiger partial charge in [-0.1, -0.05) is 20.8 Å². The maximum absolute atomic E-state index is 11.8. The highest BCUT2D eigenvalue weighted by Gasteiger charge is 2.15. The van der Waals surface area contributed by atoms with Crippen LogP contribution in [0.4, 0.5) is 5.82 Å². The molecule has 104 valence electrons. The smallest absolute Gasteiger partial charge is 0.233 e. The molecular weight excluding hydrogens is 264 g/mol. The maximum Gasteiger partial charge on any atom is 0.233 e. The number of sulfonamides is 1. The maximum atomic E-state index is 11.8. The van der Waals surface area contributed by atoms with E-state index in [2.05, 4.69) is 28.7 Å². The van der Waals surface area contributed by atoms with E-state index in [9.17, 15) is 8.42 Å². The number of nitrogens with one attached hydrogen (secondary N) is 1. The van der Waals surface area contributed by atoms with Crippen LogP contribution in [0.5, 0.6) is 0 Å². The summed E-state index contributed by atoms with van der Waals surface area (Å²) >= 11 is 0. The Hall–Kier alpha value is -1.63. The molecule has 2 heterocycles. The van der Waals surface area contributed by atoms with Gasteiger partial charge < -0.3 is 0 Å². The summed E-state index contributed by atoms with van der Waals surface area (Å²) in [5.41, 5.74) is 1.69. The first-order valence-corrected chi connectivity index (χ1v) is 7.93. The third-order valence-corrected chi connectivity index (χ3v) is 4.25. The van der Waals surface area contributed by atoms with Gasteiger partial charge in [0.15, 0.2) is 5.82 Å². The molecule has 7 heteroatoms. The van der Waals surface area contributed by atoms with Crippen molar-refractivity contribution in [2.75, 3.05) is 10.5 Å². The normalized spacial score (nSPS) is 12.2. The van der Waals surface area contributed by atoms with Gasteiger partial charge in [0.05, 0.1) is 5.75 Å². The van der Waals surface area contributed by atoms with Gasteiger partial charge in [-0.2, -0.15) is 5.10 Å². The molecule has 0 aliphatic heterocycles. The molecular formula is C12H18N4O2S. The van der Waals surface area contributed by atoms with Crippen LogP contribution in [-0.4, -0.2) is 28.8 Å². The molecule has 0 amide bonds. The largest absolute Gasteiger partial charge is 0.265 e. The van der Waals surface area contributed by atoms with Gasteiger partial charge in [-0.05, 0) is 24.5 Å². The van der Waals surface area contributed by atoms with Gasteiger partial charge in [-0.25, -0.2) is 17.9 Å². The summed E-state index contributed by atoms with van der Waals surface area (Å²) < 4.78 is 27.8. The van der Waals surface area contributed by atoms with Crippen LogP contribution in [0.3, 0.4) is 0 Å². The van der Waals surface area contributed by atoms with Gasteiger partial charge in [-0.3, -0.25) is 4.72 Å². The molecule has 19 heavy (non-hydrogen) atoms. The zero-order valence-corrected chi connectivity index (χ0v) is 12.1. The first-order chi connectivity index (χ1) is 8.94. The summed E-state index contributed by atoms with van der Waals surface area (Å²) in [4.78, 5) is 4.02. The van der Waals surface area contributed by atoms with E-state index in [1.165, 1.54) is 6.33 Å². The highest BCUT2D eigenvalue weighted by Crippen LogP contribution is 2.21. The van der Waals surface area contributed by atoms with Crippen molar-refractivity contribution in [1.29, 1.82) is 0 Å². The summed E-state index contributed by atoms with van der Waals surface area (Å²) in [6.07, 6.45) is 1.93. The fraction of sp³-hybridized carbons (Fsp3) is 0.500. The van der Waals surface area contributed by atoms with E-state index in [1.807, 2.05) is 19.1 Å². The predicted octanol–water partition coefficient (Wildman–Crippen LogP) is 2.00. The Morgan fingerprint density at radius 1 is 1.37 bits per heavy atom. The Balaban J connectivity index is 2.45. The van der Waals surface area contributed by atoms with Crippen LogP contribution in [0, 0.1) is 0 Å². The van der Waals surface area contributed by atoms with E-state index in [1.54, 1.807) is 4.52 Å². The summed E-state index contributed by atoms with van der Waals surface area (Å²) in [6, 6.07) is 3.77. The SMILES string of the molecule is CCCS(=O)(=O)Nc1ncnn2c(C(C)C)ccc12. The van der Waals surface area contributed by atoms with E-state index in [-0.39, 0.29) is 5.75 Å². The molecule has 0 aromatic carbocycles. The number of nitrogens with zero attached hydrogens (tertiary/aromatic N) is 3. The average Bonchev–Trinajstić information content (AvgIpc) is 2.73. The van der Waals surface area contributed by atoms with E-state index in [0.717, 1.165) is 5.69 Å². The van der Waals surface area contributed by atoms with E-state index in [0.29, 0.717) is 23.7 Å². The molecule has 2 aromatic rings. The monoisotopic (exact) mass is 282 g/mol. The van der Waals surface area contributed by atoms with Gasteiger partial charge in [0.25, 0.3) is 0 Å². The van der Waals surface area contributed by atoms with Gasteiger partial charge in [0.2, 0.25) is 10.0 Å². The molecule has 0 aliphatic rings. The Morgan fingerprint density at radius 3 is 2.74 bits per heavy atom. The number of aromatic nitrogens is 3. The summed E-state index contributed by atoms with van der Waals surface area (Å²) in [7, 11) is -3.34. The van der Waals surface area contributed by atoms with Crippen LogP contribution in [-0.2, 0) is 10.0 Å². The van der Waals surface area contributed by atoms with Crippen molar-refractivity contribution >= 4 is 21.4 Å². The molecule has 0 radical (unpaired) electrons. The second-order valence-electron chi connectivity index (χ2n) is 4.74. The van der Waals surface area contributed by atoms with Gasteiger partial charge in [0.1, 0.15) is 11.8 Å². The number of rotatable bonds is 5. The van der Waals surface area contributed by atoms with Gasteiger partial charge >= 0.3 is 0 Å².